The summed E-state index contributed by atoms with van der Waals surface area (Å²) in [4.78, 5) is 2.34. The third kappa shape index (κ3) is 2.53. The van der Waals surface area contributed by atoms with E-state index < -0.39 is 0 Å². The first-order valence-corrected chi connectivity index (χ1v) is 6.61. The Hall–Kier alpha value is -2.07. The number of hydrogen-bond acceptors (Lipinski definition) is 2. The van der Waals surface area contributed by atoms with Crippen molar-refractivity contribution < 1.29 is 0 Å². The molecule has 0 saturated heterocycles. The summed E-state index contributed by atoms with van der Waals surface area (Å²) in [6.07, 6.45) is 0. The molecule has 96 valence electrons. The number of rotatable bonds is 2. The minimum atomic E-state index is 0.293. The van der Waals surface area contributed by atoms with E-state index in [1.165, 1.54) is 16.8 Å². The second-order valence-electron chi connectivity index (χ2n) is 4.66. The molecule has 0 radical (unpaired) electrons. The van der Waals surface area contributed by atoms with Gasteiger partial charge < -0.3 is 16.0 Å². The molecule has 2 aromatic carbocycles. The first kappa shape index (κ1) is 12.0. The van der Waals surface area contributed by atoms with E-state index in [4.69, 9.17) is 18.0 Å². The topological polar surface area (TPSA) is 41.3 Å². The van der Waals surface area contributed by atoms with Gasteiger partial charge in [0.1, 0.15) is 0 Å². The van der Waals surface area contributed by atoms with Crippen molar-refractivity contribution in [3.05, 3.63) is 59.7 Å². The smallest absolute Gasteiger partial charge is 0.168 e. The van der Waals surface area contributed by atoms with Gasteiger partial charge in [0, 0.05) is 24.5 Å². The maximum atomic E-state index is 5.50. The van der Waals surface area contributed by atoms with Crippen LogP contribution in [0.1, 0.15) is 11.1 Å². The van der Waals surface area contributed by atoms with E-state index in [2.05, 4.69) is 46.6 Å². The highest BCUT2D eigenvalue weighted by atomic mass is 32.1. The molecule has 0 amide bonds. The molecule has 1 aliphatic rings. The van der Waals surface area contributed by atoms with E-state index in [0.29, 0.717) is 5.11 Å². The lowest BCUT2D eigenvalue weighted by molar-refractivity contribution is 0.881. The number of nitrogens with one attached hydrogen (secondary N) is 1. The quantitative estimate of drug-likeness (QED) is 0.823. The summed E-state index contributed by atoms with van der Waals surface area (Å²) in [6.45, 7) is 1.90. The third-order valence-electron chi connectivity index (χ3n) is 3.32. The van der Waals surface area contributed by atoms with Gasteiger partial charge in [-0.05, 0) is 41.5 Å². The predicted octanol–water partition coefficient (Wildman–Crippen LogP) is 2.86. The fourth-order valence-electron chi connectivity index (χ4n) is 2.44. The van der Waals surface area contributed by atoms with E-state index in [0.717, 1.165) is 18.8 Å². The highest BCUT2D eigenvalue weighted by molar-refractivity contribution is 7.80. The first-order chi connectivity index (χ1) is 9.22. The van der Waals surface area contributed by atoms with Crippen molar-refractivity contribution >= 4 is 28.7 Å². The molecule has 1 aliphatic heterocycles. The Morgan fingerprint density at radius 2 is 1.74 bits per heavy atom. The molecule has 0 aliphatic carbocycles. The molecule has 4 heteroatoms. The molecule has 0 unspecified atom stereocenters. The molecule has 2 aromatic rings. The van der Waals surface area contributed by atoms with Crippen molar-refractivity contribution in [3.63, 3.8) is 0 Å². The minimum absolute atomic E-state index is 0.293. The number of fused-ring (bicyclic) bond motifs is 1. The van der Waals surface area contributed by atoms with Gasteiger partial charge in [0.2, 0.25) is 0 Å². The van der Waals surface area contributed by atoms with Gasteiger partial charge in [-0.15, -0.1) is 0 Å². The fraction of sp³-hybridized carbons (Fsp3) is 0.133. The van der Waals surface area contributed by atoms with Crippen LogP contribution in [0.15, 0.2) is 48.5 Å². The summed E-state index contributed by atoms with van der Waals surface area (Å²) in [5.74, 6) is 0. The maximum absolute atomic E-state index is 5.50. The van der Waals surface area contributed by atoms with Crippen LogP contribution in [0.3, 0.4) is 0 Å². The SMILES string of the molecule is NC(=S)Nc1cccc(N2Cc3ccccc3C2)c1. The van der Waals surface area contributed by atoms with Crippen LogP contribution in [0, 0.1) is 0 Å². The summed E-state index contributed by atoms with van der Waals surface area (Å²) in [5, 5.41) is 3.27. The summed E-state index contributed by atoms with van der Waals surface area (Å²) >= 11 is 4.87. The van der Waals surface area contributed by atoms with Gasteiger partial charge in [0.15, 0.2) is 5.11 Å². The van der Waals surface area contributed by atoms with Crippen molar-refractivity contribution in [3.8, 4) is 0 Å². The molecule has 0 saturated carbocycles. The monoisotopic (exact) mass is 269 g/mol. The molecule has 0 fully saturated rings. The number of thiocarbonyl (C=S) groups is 1. The van der Waals surface area contributed by atoms with E-state index in [1.54, 1.807) is 0 Å². The molecule has 1 heterocycles. The molecule has 0 spiro atoms. The number of hydrogen-bond donors (Lipinski definition) is 2. The van der Waals surface area contributed by atoms with Crippen LogP contribution in [0.5, 0.6) is 0 Å². The molecule has 3 nitrogen and oxygen atoms in total. The Labute approximate surface area is 118 Å². The Balaban J connectivity index is 1.83. The average Bonchev–Trinajstić information content (AvgIpc) is 2.82. The van der Waals surface area contributed by atoms with E-state index in [9.17, 15) is 0 Å². The lowest BCUT2D eigenvalue weighted by atomic mass is 10.1. The van der Waals surface area contributed by atoms with Crippen molar-refractivity contribution in [1.29, 1.82) is 0 Å². The van der Waals surface area contributed by atoms with Gasteiger partial charge in [-0.1, -0.05) is 30.3 Å². The van der Waals surface area contributed by atoms with Crippen LogP contribution in [-0.2, 0) is 13.1 Å². The third-order valence-corrected chi connectivity index (χ3v) is 3.42. The molecular formula is C15H15N3S. The highest BCUT2D eigenvalue weighted by Gasteiger charge is 2.18. The zero-order valence-electron chi connectivity index (χ0n) is 10.5. The molecule has 0 bridgehead atoms. The van der Waals surface area contributed by atoms with Crippen molar-refractivity contribution in [1.82, 2.24) is 0 Å². The maximum Gasteiger partial charge on any atom is 0.168 e. The minimum Gasteiger partial charge on any atom is -0.376 e. The van der Waals surface area contributed by atoms with Gasteiger partial charge in [-0.2, -0.15) is 0 Å². The Morgan fingerprint density at radius 1 is 1.05 bits per heavy atom. The van der Waals surface area contributed by atoms with Crippen LogP contribution in [0.2, 0.25) is 0 Å². The zero-order chi connectivity index (χ0) is 13.2. The van der Waals surface area contributed by atoms with E-state index >= 15 is 0 Å². The molecule has 3 N–H and O–H groups in total. The average molecular weight is 269 g/mol. The first-order valence-electron chi connectivity index (χ1n) is 6.20. The summed E-state index contributed by atoms with van der Waals surface area (Å²) < 4.78 is 0. The number of nitrogens with zero attached hydrogens (tertiary/aromatic N) is 1. The lowest BCUT2D eigenvalue weighted by Gasteiger charge is -2.18. The standard InChI is InChI=1S/C15H15N3S/c16-15(19)17-13-6-3-7-14(8-13)18-9-11-4-1-2-5-12(11)10-18/h1-8H,9-10H2,(H3,16,17,19). The number of nitrogens with two attached hydrogens (primary N) is 1. The van der Waals surface area contributed by atoms with Gasteiger partial charge >= 0.3 is 0 Å². The Bertz CT molecular complexity index is 599. The fourth-order valence-corrected chi connectivity index (χ4v) is 2.56. The second-order valence-corrected chi connectivity index (χ2v) is 5.10. The largest absolute Gasteiger partial charge is 0.376 e. The number of benzene rings is 2. The second kappa shape index (κ2) is 4.90. The van der Waals surface area contributed by atoms with Gasteiger partial charge in [-0.3, -0.25) is 0 Å². The molecular weight excluding hydrogens is 254 g/mol. The zero-order valence-corrected chi connectivity index (χ0v) is 11.3. The summed E-state index contributed by atoms with van der Waals surface area (Å²) in [5.41, 5.74) is 10.4. The van der Waals surface area contributed by atoms with Crippen molar-refractivity contribution in [2.24, 2.45) is 5.73 Å². The van der Waals surface area contributed by atoms with E-state index in [1.807, 2.05) is 12.1 Å². The molecule has 19 heavy (non-hydrogen) atoms. The van der Waals surface area contributed by atoms with Gasteiger partial charge in [-0.25, -0.2) is 0 Å². The predicted molar refractivity (Wildman–Crippen MR) is 83.2 cm³/mol. The summed E-state index contributed by atoms with van der Waals surface area (Å²) in [6, 6.07) is 16.7. The van der Waals surface area contributed by atoms with Crippen LogP contribution < -0.4 is 16.0 Å². The Kier molecular flexibility index (Phi) is 3.09. The van der Waals surface area contributed by atoms with Crippen LogP contribution in [-0.4, -0.2) is 5.11 Å². The molecule has 0 aromatic heterocycles. The Morgan fingerprint density at radius 3 is 2.37 bits per heavy atom. The van der Waals surface area contributed by atoms with Crippen LogP contribution in [0.4, 0.5) is 11.4 Å². The van der Waals surface area contributed by atoms with Gasteiger partial charge in [0.05, 0.1) is 0 Å². The number of anilines is 2. The van der Waals surface area contributed by atoms with Crippen molar-refractivity contribution in [2.75, 3.05) is 10.2 Å². The van der Waals surface area contributed by atoms with Gasteiger partial charge in [0.25, 0.3) is 0 Å². The normalized spacial score (nSPS) is 13.2. The van der Waals surface area contributed by atoms with Crippen LogP contribution >= 0.6 is 12.2 Å². The van der Waals surface area contributed by atoms with Crippen molar-refractivity contribution in [2.45, 2.75) is 13.1 Å². The molecule has 0 atom stereocenters. The van der Waals surface area contributed by atoms with E-state index in [-0.39, 0.29) is 0 Å². The lowest BCUT2D eigenvalue weighted by Crippen LogP contribution is -2.19. The molecule has 3 rings (SSSR count). The van der Waals surface area contributed by atoms with Crippen LogP contribution in [0.25, 0.3) is 0 Å². The summed E-state index contributed by atoms with van der Waals surface area (Å²) in [7, 11) is 0. The highest BCUT2D eigenvalue weighted by Crippen LogP contribution is 2.29.